The summed E-state index contributed by atoms with van der Waals surface area (Å²) >= 11 is 11.9. The normalized spacial score (nSPS) is 10.3. The van der Waals surface area contributed by atoms with Crippen LogP contribution in [0, 0.1) is 0 Å². The van der Waals surface area contributed by atoms with Crippen molar-refractivity contribution >= 4 is 48.0 Å². The first-order valence-electron chi connectivity index (χ1n) is 5.76. The van der Waals surface area contributed by atoms with Crippen LogP contribution in [0.15, 0.2) is 18.2 Å². The molecule has 0 aliphatic rings. The standard InChI is InChI=1S/C13H20Cl2N2.2ClH/c1-16(2)8-9-17(3)7-6-11-4-5-12(14)13(15)10-11;;/h4-5,10H,6-9H2,1-3H3;2*1H. The maximum absolute atomic E-state index is 5.98. The van der Waals surface area contributed by atoms with Crippen LogP contribution in [0.3, 0.4) is 0 Å². The van der Waals surface area contributed by atoms with Crippen LogP contribution in [0.1, 0.15) is 5.56 Å². The molecule has 0 aliphatic carbocycles. The van der Waals surface area contributed by atoms with Crippen molar-refractivity contribution in [3.63, 3.8) is 0 Å². The summed E-state index contributed by atoms with van der Waals surface area (Å²) in [7, 11) is 6.32. The average Bonchev–Trinajstić information content (AvgIpc) is 2.28. The minimum Gasteiger partial charge on any atom is -0.308 e. The monoisotopic (exact) mass is 346 g/mol. The van der Waals surface area contributed by atoms with Crippen molar-refractivity contribution in [2.75, 3.05) is 40.8 Å². The molecule has 112 valence electrons. The molecule has 0 unspecified atom stereocenters. The Kier molecular flexibility index (Phi) is 12.5. The molecule has 0 bridgehead atoms. The largest absolute Gasteiger partial charge is 0.308 e. The lowest BCUT2D eigenvalue weighted by molar-refractivity contribution is 0.284. The van der Waals surface area contributed by atoms with E-state index in [4.69, 9.17) is 23.2 Å². The second-order valence-corrected chi connectivity index (χ2v) is 5.42. The van der Waals surface area contributed by atoms with Crippen LogP contribution < -0.4 is 0 Å². The van der Waals surface area contributed by atoms with Gasteiger partial charge in [-0.3, -0.25) is 0 Å². The fraction of sp³-hybridized carbons (Fsp3) is 0.538. The van der Waals surface area contributed by atoms with Crippen molar-refractivity contribution in [1.29, 1.82) is 0 Å². The Hall–Kier alpha value is 0.300. The average molecular weight is 348 g/mol. The van der Waals surface area contributed by atoms with Gasteiger partial charge in [-0.05, 0) is 45.3 Å². The van der Waals surface area contributed by atoms with Crippen LogP contribution in [0.2, 0.25) is 10.0 Å². The molecular formula is C13H22Cl4N2. The van der Waals surface area contributed by atoms with E-state index in [9.17, 15) is 0 Å². The van der Waals surface area contributed by atoms with Gasteiger partial charge in [0.05, 0.1) is 10.0 Å². The predicted molar refractivity (Wildman–Crippen MR) is 90.7 cm³/mol. The van der Waals surface area contributed by atoms with Crippen LogP contribution in [-0.4, -0.2) is 50.6 Å². The topological polar surface area (TPSA) is 6.48 Å². The minimum atomic E-state index is 0. The van der Waals surface area contributed by atoms with Gasteiger partial charge in [-0.15, -0.1) is 24.8 Å². The molecule has 0 amide bonds. The SMILES string of the molecule is CN(C)CCN(C)CCc1ccc(Cl)c(Cl)c1.Cl.Cl. The lowest BCUT2D eigenvalue weighted by Gasteiger charge is -2.19. The Morgan fingerprint density at radius 1 is 0.895 bits per heavy atom. The molecule has 0 heterocycles. The third-order valence-corrected chi connectivity index (χ3v) is 3.43. The molecule has 0 saturated carbocycles. The first kappa shape index (κ1) is 21.6. The Balaban J connectivity index is 0. The van der Waals surface area contributed by atoms with Gasteiger partial charge in [0.25, 0.3) is 0 Å². The molecule has 0 fully saturated rings. The molecule has 1 aromatic rings. The molecule has 0 aliphatic heterocycles. The number of hydrogen-bond donors (Lipinski definition) is 0. The van der Waals surface area contributed by atoms with Gasteiger partial charge in [0.15, 0.2) is 0 Å². The van der Waals surface area contributed by atoms with E-state index in [1.807, 2.05) is 18.2 Å². The van der Waals surface area contributed by atoms with Crippen molar-refractivity contribution < 1.29 is 0 Å². The summed E-state index contributed by atoms with van der Waals surface area (Å²) in [5, 5.41) is 1.26. The third kappa shape index (κ3) is 8.96. The van der Waals surface area contributed by atoms with E-state index in [-0.39, 0.29) is 24.8 Å². The van der Waals surface area contributed by atoms with E-state index in [0.29, 0.717) is 10.0 Å². The lowest BCUT2D eigenvalue weighted by Crippen LogP contribution is -2.30. The predicted octanol–water partition coefficient (Wildman–Crippen LogP) is 3.87. The molecule has 6 heteroatoms. The zero-order valence-corrected chi connectivity index (χ0v) is 14.7. The Morgan fingerprint density at radius 3 is 2.05 bits per heavy atom. The molecule has 0 saturated heterocycles. The van der Waals surface area contributed by atoms with E-state index in [1.165, 1.54) is 5.56 Å². The van der Waals surface area contributed by atoms with Crippen molar-refractivity contribution in [3.8, 4) is 0 Å². The van der Waals surface area contributed by atoms with Gasteiger partial charge in [-0.25, -0.2) is 0 Å². The first-order valence-corrected chi connectivity index (χ1v) is 6.52. The fourth-order valence-corrected chi connectivity index (χ4v) is 1.82. The smallest absolute Gasteiger partial charge is 0.0595 e. The first-order chi connectivity index (χ1) is 7.99. The zero-order chi connectivity index (χ0) is 12.8. The zero-order valence-electron chi connectivity index (χ0n) is 11.5. The van der Waals surface area contributed by atoms with Crippen molar-refractivity contribution in [2.45, 2.75) is 6.42 Å². The number of hydrogen-bond acceptors (Lipinski definition) is 2. The van der Waals surface area contributed by atoms with Crippen LogP contribution >= 0.6 is 48.0 Å². The van der Waals surface area contributed by atoms with Crippen LogP contribution in [0.25, 0.3) is 0 Å². The highest BCUT2D eigenvalue weighted by molar-refractivity contribution is 6.42. The highest BCUT2D eigenvalue weighted by Crippen LogP contribution is 2.22. The molecule has 0 radical (unpaired) electrons. The molecular weight excluding hydrogens is 326 g/mol. The summed E-state index contributed by atoms with van der Waals surface area (Å²) in [6, 6.07) is 5.84. The lowest BCUT2D eigenvalue weighted by atomic mass is 10.1. The van der Waals surface area contributed by atoms with Gasteiger partial charge in [0, 0.05) is 19.6 Å². The van der Waals surface area contributed by atoms with Crippen LogP contribution in [-0.2, 0) is 6.42 Å². The molecule has 0 N–H and O–H groups in total. The van der Waals surface area contributed by atoms with Crippen molar-refractivity contribution in [1.82, 2.24) is 9.80 Å². The summed E-state index contributed by atoms with van der Waals surface area (Å²) < 4.78 is 0. The number of benzene rings is 1. The molecule has 1 aromatic carbocycles. The van der Waals surface area contributed by atoms with Gasteiger partial charge in [0.1, 0.15) is 0 Å². The van der Waals surface area contributed by atoms with Gasteiger partial charge in [0.2, 0.25) is 0 Å². The summed E-state index contributed by atoms with van der Waals surface area (Å²) in [6.07, 6.45) is 1.00. The number of likely N-dealkylation sites (N-methyl/N-ethyl adjacent to an activating group) is 2. The Bertz CT molecular complexity index is 358. The molecule has 0 atom stereocenters. The van der Waals surface area contributed by atoms with Gasteiger partial charge in [-0.2, -0.15) is 0 Å². The second kappa shape index (κ2) is 11.0. The molecule has 19 heavy (non-hydrogen) atoms. The van der Waals surface area contributed by atoms with Crippen LogP contribution in [0.5, 0.6) is 0 Å². The van der Waals surface area contributed by atoms with Gasteiger partial charge >= 0.3 is 0 Å². The van der Waals surface area contributed by atoms with Crippen molar-refractivity contribution in [2.24, 2.45) is 0 Å². The van der Waals surface area contributed by atoms with Crippen LogP contribution in [0.4, 0.5) is 0 Å². The summed E-state index contributed by atoms with van der Waals surface area (Å²) in [6.45, 7) is 3.19. The van der Waals surface area contributed by atoms with E-state index in [2.05, 4.69) is 30.9 Å². The van der Waals surface area contributed by atoms with E-state index in [0.717, 1.165) is 26.1 Å². The Labute approximate surface area is 138 Å². The minimum absolute atomic E-state index is 0. The maximum atomic E-state index is 5.98. The van der Waals surface area contributed by atoms with E-state index >= 15 is 0 Å². The fourth-order valence-electron chi connectivity index (χ4n) is 1.50. The molecule has 1 rings (SSSR count). The second-order valence-electron chi connectivity index (χ2n) is 4.61. The third-order valence-electron chi connectivity index (χ3n) is 2.70. The summed E-state index contributed by atoms with van der Waals surface area (Å²) in [4.78, 5) is 4.51. The van der Waals surface area contributed by atoms with Gasteiger partial charge in [-0.1, -0.05) is 29.3 Å². The maximum Gasteiger partial charge on any atom is 0.0595 e. The van der Waals surface area contributed by atoms with E-state index < -0.39 is 0 Å². The molecule has 2 nitrogen and oxygen atoms in total. The van der Waals surface area contributed by atoms with E-state index in [1.54, 1.807) is 0 Å². The highest BCUT2D eigenvalue weighted by atomic mass is 35.5. The Morgan fingerprint density at radius 2 is 1.53 bits per heavy atom. The number of rotatable bonds is 6. The number of halogens is 4. The summed E-state index contributed by atoms with van der Waals surface area (Å²) in [5.74, 6) is 0. The molecule has 0 aromatic heterocycles. The van der Waals surface area contributed by atoms with Gasteiger partial charge < -0.3 is 9.80 Å². The van der Waals surface area contributed by atoms with Crippen molar-refractivity contribution in [3.05, 3.63) is 33.8 Å². The quantitative estimate of drug-likeness (QED) is 0.770. The number of nitrogens with zero attached hydrogens (tertiary/aromatic N) is 2. The highest BCUT2D eigenvalue weighted by Gasteiger charge is 2.02. The summed E-state index contributed by atoms with van der Waals surface area (Å²) in [5.41, 5.74) is 1.23. The molecule has 0 spiro atoms.